The summed E-state index contributed by atoms with van der Waals surface area (Å²) in [6.07, 6.45) is -0.986. The van der Waals surface area contributed by atoms with Crippen LogP contribution in [-0.2, 0) is 9.53 Å². The van der Waals surface area contributed by atoms with Crippen LogP contribution in [0.25, 0.3) is 0 Å². The normalized spacial score (nSPS) is 11.5. The Bertz CT molecular complexity index is 764. The topological polar surface area (TPSA) is 90.6 Å². The molecule has 126 valence electrons. The zero-order valence-corrected chi connectivity index (χ0v) is 14.0. The smallest absolute Gasteiger partial charge is 0.338 e. The van der Waals surface area contributed by atoms with Crippen molar-refractivity contribution in [2.75, 3.05) is 18.2 Å². The summed E-state index contributed by atoms with van der Waals surface area (Å²) in [7, 11) is 1.53. The first kappa shape index (κ1) is 17.6. The predicted molar refractivity (Wildman–Crippen MR) is 92.4 cm³/mol. The summed E-state index contributed by atoms with van der Waals surface area (Å²) < 4.78 is 10.2. The molecule has 24 heavy (non-hydrogen) atoms. The molecule has 2 aromatic carbocycles. The van der Waals surface area contributed by atoms with E-state index in [0.29, 0.717) is 16.5 Å². The van der Waals surface area contributed by atoms with Crippen molar-refractivity contribution in [1.29, 1.82) is 0 Å². The first-order chi connectivity index (χ1) is 11.4. The van der Waals surface area contributed by atoms with E-state index in [1.54, 1.807) is 24.3 Å². The van der Waals surface area contributed by atoms with E-state index in [4.69, 9.17) is 26.8 Å². The molecule has 0 aliphatic rings. The third-order valence-electron chi connectivity index (χ3n) is 3.22. The molecule has 2 rings (SSSR count). The van der Waals surface area contributed by atoms with Gasteiger partial charge in [-0.25, -0.2) is 4.79 Å². The number of carbonyl (C=O) groups is 2. The molecule has 1 amide bonds. The van der Waals surface area contributed by atoms with E-state index in [1.165, 1.54) is 32.2 Å². The number of hydrogen-bond acceptors (Lipinski definition) is 5. The lowest BCUT2D eigenvalue weighted by molar-refractivity contribution is -0.123. The SMILES string of the molecule is COc1cccc(NC(=O)C(C)OC(=O)c2ccc(Cl)c(N)c2)c1. The van der Waals surface area contributed by atoms with Crippen LogP contribution >= 0.6 is 11.6 Å². The van der Waals surface area contributed by atoms with Gasteiger partial charge >= 0.3 is 5.97 Å². The van der Waals surface area contributed by atoms with Gasteiger partial charge in [0.1, 0.15) is 5.75 Å². The molecule has 1 unspecified atom stereocenters. The average molecular weight is 349 g/mol. The standard InChI is InChI=1S/C17H17ClN2O4/c1-10(16(21)20-12-4-3-5-13(9-12)23-2)24-17(22)11-6-7-14(18)15(19)8-11/h3-10H,19H2,1-2H3,(H,20,21). The van der Waals surface area contributed by atoms with Crippen molar-refractivity contribution in [3.63, 3.8) is 0 Å². The van der Waals surface area contributed by atoms with E-state index < -0.39 is 18.0 Å². The molecule has 0 bridgehead atoms. The summed E-state index contributed by atoms with van der Waals surface area (Å²) in [6, 6.07) is 11.2. The monoisotopic (exact) mass is 348 g/mol. The number of carbonyl (C=O) groups excluding carboxylic acids is 2. The highest BCUT2D eigenvalue weighted by Gasteiger charge is 2.19. The second kappa shape index (κ2) is 7.70. The van der Waals surface area contributed by atoms with Crippen LogP contribution in [0.3, 0.4) is 0 Å². The Morgan fingerprint density at radius 1 is 1.21 bits per heavy atom. The van der Waals surface area contributed by atoms with Crippen LogP contribution in [0, 0.1) is 0 Å². The number of amides is 1. The Labute approximate surface area is 144 Å². The molecule has 0 aliphatic carbocycles. The van der Waals surface area contributed by atoms with E-state index in [-0.39, 0.29) is 11.3 Å². The maximum atomic E-state index is 12.1. The van der Waals surface area contributed by atoms with Crippen molar-refractivity contribution in [2.45, 2.75) is 13.0 Å². The number of nitrogens with two attached hydrogens (primary N) is 1. The fourth-order valence-electron chi connectivity index (χ4n) is 1.90. The molecule has 0 saturated carbocycles. The molecule has 0 saturated heterocycles. The molecule has 0 aliphatic heterocycles. The predicted octanol–water partition coefficient (Wildman–Crippen LogP) is 3.11. The van der Waals surface area contributed by atoms with E-state index in [2.05, 4.69) is 5.32 Å². The molecule has 3 N–H and O–H groups in total. The molecular weight excluding hydrogens is 332 g/mol. The molecule has 2 aromatic rings. The average Bonchev–Trinajstić information content (AvgIpc) is 2.57. The molecule has 0 fully saturated rings. The van der Waals surface area contributed by atoms with Gasteiger partial charge in [0.05, 0.1) is 23.4 Å². The van der Waals surface area contributed by atoms with E-state index in [9.17, 15) is 9.59 Å². The molecule has 0 radical (unpaired) electrons. The van der Waals surface area contributed by atoms with Gasteiger partial charge in [0.15, 0.2) is 6.10 Å². The third kappa shape index (κ3) is 4.39. The van der Waals surface area contributed by atoms with Gasteiger partial charge in [-0.3, -0.25) is 4.79 Å². The number of methoxy groups -OCH3 is 1. The number of halogens is 1. The Morgan fingerprint density at radius 3 is 2.62 bits per heavy atom. The highest BCUT2D eigenvalue weighted by molar-refractivity contribution is 6.33. The van der Waals surface area contributed by atoms with Crippen LogP contribution in [-0.4, -0.2) is 25.1 Å². The second-order valence-corrected chi connectivity index (χ2v) is 5.41. The lowest BCUT2D eigenvalue weighted by atomic mass is 10.2. The third-order valence-corrected chi connectivity index (χ3v) is 3.57. The lowest BCUT2D eigenvalue weighted by Gasteiger charge is -2.14. The van der Waals surface area contributed by atoms with Crippen molar-refractivity contribution >= 4 is 34.9 Å². The molecule has 7 heteroatoms. The molecule has 0 heterocycles. The lowest BCUT2D eigenvalue weighted by Crippen LogP contribution is -2.30. The van der Waals surface area contributed by atoms with Crippen LogP contribution in [0.1, 0.15) is 17.3 Å². The van der Waals surface area contributed by atoms with Crippen LogP contribution in [0.2, 0.25) is 5.02 Å². The van der Waals surface area contributed by atoms with Gasteiger partial charge in [-0.15, -0.1) is 0 Å². The first-order valence-electron chi connectivity index (χ1n) is 7.11. The number of esters is 1. The number of nitrogen functional groups attached to an aromatic ring is 1. The number of rotatable bonds is 5. The van der Waals surface area contributed by atoms with E-state index in [1.807, 2.05) is 0 Å². The van der Waals surface area contributed by atoms with E-state index >= 15 is 0 Å². The largest absolute Gasteiger partial charge is 0.497 e. The van der Waals surface area contributed by atoms with Gasteiger partial charge in [0, 0.05) is 11.8 Å². The highest BCUT2D eigenvalue weighted by Crippen LogP contribution is 2.20. The summed E-state index contributed by atoms with van der Waals surface area (Å²) in [5, 5.41) is 2.99. The quantitative estimate of drug-likeness (QED) is 0.640. The van der Waals surface area contributed by atoms with Gasteiger partial charge in [0.2, 0.25) is 0 Å². The van der Waals surface area contributed by atoms with Crippen molar-refractivity contribution in [3.8, 4) is 5.75 Å². The molecule has 6 nitrogen and oxygen atoms in total. The van der Waals surface area contributed by atoms with Crippen LogP contribution in [0.15, 0.2) is 42.5 Å². The fourth-order valence-corrected chi connectivity index (χ4v) is 2.02. The number of hydrogen-bond donors (Lipinski definition) is 2. The maximum absolute atomic E-state index is 12.1. The van der Waals surface area contributed by atoms with Gasteiger partial charge in [-0.2, -0.15) is 0 Å². The van der Waals surface area contributed by atoms with Crippen LogP contribution in [0.5, 0.6) is 5.75 Å². The van der Waals surface area contributed by atoms with Crippen molar-refractivity contribution in [3.05, 3.63) is 53.1 Å². The van der Waals surface area contributed by atoms with Gasteiger partial charge < -0.3 is 20.5 Å². The zero-order valence-electron chi connectivity index (χ0n) is 13.2. The molecular formula is C17H17ClN2O4. The summed E-state index contributed by atoms with van der Waals surface area (Å²) >= 11 is 5.81. The van der Waals surface area contributed by atoms with Crippen molar-refractivity contribution in [2.24, 2.45) is 0 Å². The summed E-state index contributed by atoms with van der Waals surface area (Å²) in [5.74, 6) is -0.515. The summed E-state index contributed by atoms with van der Waals surface area (Å²) in [4.78, 5) is 24.2. The number of anilines is 2. The maximum Gasteiger partial charge on any atom is 0.338 e. The summed E-state index contributed by atoms with van der Waals surface area (Å²) in [5.41, 5.74) is 6.67. The van der Waals surface area contributed by atoms with Gasteiger partial charge in [-0.1, -0.05) is 17.7 Å². The van der Waals surface area contributed by atoms with E-state index in [0.717, 1.165) is 0 Å². The fraction of sp³-hybridized carbons (Fsp3) is 0.176. The zero-order chi connectivity index (χ0) is 17.7. The Balaban J connectivity index is 1.99. The molecule has 0 aromatic heterocycles. The van der Waals surface area contributed by atoms with Crippen molar-refractivity contribution < 1.29 is 19.1 Å². The minimum absolute atomic E-state index is 0.220. The molecule has 1 atom stereocenters. The second-order valence-electron chi connectivity index (χ2n) is 5.01. The number of ether oxygens (including phenoxy) is 2. The molecule has 0 spiro atoms. The minimum Gasteiger partial charge on any atom is -0.497 e. The highest BCUT2D eigenvalue weighted by atomic mass is 35.5. The number of benzene rings is 2. The number of nitrogens with one attached hydrogen (secondary N) is 1. The van der Waals surface area contributed by atoms with Crippen molar-refractivity contribution in [1.82, 2.24) is 0 Å². The minimum atomic E-state index is -0.986. The summed E-state index contributed by atoms with van der Waals surface area (Å²) in [6.45, 7) is 1.48. The Hall–Kier alpha value is -2.73. The Morgan fingerprint density at radius 2 is 1.96 bits per heavy atom. The van der Waals surface area contributed by atoms with Gasteiger partial charge in [0.25, 0.3) is 5.91 Å². The van der Waals surface area contributed by atoms with Crippen LogP contribution in [0.4, 0.5) is 11.4 Å². The Kier molecular flexibility index (Phi) is 5.65. The van der Waals surface area contributed by atoms with Gasteiger partial charge in [-0.05, 0) is 37.3 Å². The first-order valence-corrected chi connectivity index (χ1v) is 7.49. The van der Waals surface area contributed by atoms with Crippen LogP contribution < -0.4 is 15.8 Å².